The zero-order valence-electron chi connectivity index (χ0n) is 9.30. The second-order valence-electron chi connectivity index (χ2n) is 3.57. The van der Waals surface area contributed by atoms with Crippen molar-refractivity contribution in [3.05, 3.63) is 45.9 Å². The van der Waals surface area contributed by atoms with E-state index < -0.39 is 0 Å². The minimum Gasteiger partial charge on any atom is -0.505 e. The maximum atomic E-state index is 11.7. The third-order valence-corrected chi connectivity index (χ3v) is 3.22. The first kappa shape index (κ1) is 11.6. The van der Waals surface area contributed by atoms with Crippen LogP contribution in [-0.2, 0) is 6.54 Å². The van der Waals surface area contributed by atoms with E-state index in [1.54, 1.807) is 17.4 Å². The van der Waals surface area contributed by atoms with Crippen LogP contribution >= 0.6 is 11.3 Å². The Morgan fingerprint density at radius 1 is 1.47 bits per heavy atom. The number of carbonyl (C=O) groups is 1. The number of thiophene rings is 1. The standard InChI is InChI=1S/C12H12N2O2S/c1-8-4-5-9(17-8)7-14-12(16)11-10(15)3-2-6-13-11/h2-6,15H,7H2,1H3,(H,14,16). The smallest absolute Gasteiger partial charge is 0.274 e. The molecule has 2 rings (SSSR count). The molecule has 2 aromatic rings. The molecule has 0 radical (unpaired) electrons. The fraction of sp³-hybridized carbons (Fsp3) is 0.167. The van der Waals surface area contributed by atoms with E-state index in [9.17, 15) is 9.90 Å². The summed E-state index contributed by atoms with van der Waals surface area (Å²) in [4.78, 5) is 17.8. The van der Waals surface area contributed by atoms with Gasteiger partial charge in [-0.05, 0) is 31.2 Å². The number of rotatable bonds is 3. The molecule has 2 N–H and O–H groups in total. The summed E-state index contributed by atoms with van der Waals surface area (Å²) < 4.78 is 0. The van der Waals surface area contributed by atoms with Crippen molar-refractivity contribution in [1.29, 1.82) is 0 Å². The van der Waals surface area contributed by atoms with Crippen LogP contribution in [0.2, 0.25) is 0 Å². The fourth-order valence-electron chi connectivity index (χ4n) is 1.40. The molecule has 0 unspecified atom stereocenters. The highest BCUT2D eigenvalue weighted by Gasteiger charge is 2.11. The third-order valence-electron chi connectivity index (χ3n) is 2.22. The summed E-state index contributed by atoms with van der Waals surface area (Å²) in [5.74, 6) is -0.471. The lowest BCUT2D eigenvalue weighted by Gasteiger charge is -2.04. The second kappa shape index (κ2) is 4.97. The van der Waals surface area contributed by atoms with Crippen LogP contribution in [0.25, 0.3) is 0 Å². The van der Waals surface area contributed by atoms with Gasteiger partial charge < -0.3 is 10.4 Å². The number of pyridine rings is 1. The molecule has 0 saturated carbocycles. The lowest BCUT2D eigenvalue weighted by atomic mass is 10.3. The number of aromatic hydroxyl groups is 1. The van der Waals surface area contributed by atoms with Crippen LogP contribution in [0, 0.1) is 6.92 Å². The van der Waals surface area contributed by atoms with Crippen molar-refractivity contribution in [1.82, 2.24) is 10.3 Å². The summed E-state index contributed by atoms with van der Waals surface area (Å²) in [5.41, 5.74) is 0.0563. The molecule has 0 aromatic carbocycles. The van der Waals surface area contributed by atoms with Gasteiger partial charge in [0.15, 0.2) is 5.69 Å². The summed E-state index contributed by atoms with van der Waals surface area (Å²) in [6.45, 7) is 2.47. The summed E-state index contributed by atoms with van der Waals surface area (Å²) in [6, 6.07) is 6.99. The second-order valence-corrected chi connectivity index (χ2v) is 4.94. The number of hydrogen-bond acceptors (Lipinski definition) is 4. The maximum absolute atomic E-state index is 11.7. The summed E-state index contributed by atoms with van der Waals surface area (Å²) in [5, 5.41) is 12.2. The SMILES string of the molecule is Cc1ccc(CNC(=O)c2ncccc2O)s1. The van der Waals surface area contributed by atoms with E-state index in [-0.39, 0.29) is 17.4 Å². The maximum Gasteiger partial charge on any atom is 0.274 e. The molecule has 2 heterocycles. The van der Waals surface area contributed by atoms with Crippen LogP contribution in [0.4, 0.5) is 0 Å². The molecule has 4 nitrogen and oxygen atoms in total. The first-order chi connectivity index (χ1) is 8.16. The lowest BCUT2D eigenvalue weighted by Crippen LogP contribution is -2.23. The molecule has 2 aromatic heterocycles. The Labute approximate surface area is 103 Å². The first-order valence-corrected chi connectivity index (χ1v) is 5.96. The average molecular weight is 248 g/mol. The number of aromatic nitrogens is 1. The molecule has 0 aliphatic carbocycles. The molecule has 5 heteroatoms. The van der Waals surface area contributed by atoms with Crippen molar-refractivity contribution in [3.63, 3.8) is 0 Å². The summed E-state index contributed by atoms with van der Waals surface area (Å²) in [7, 11) is 0. The highest BCUT2D eigenvalue weighted by molar-refractivity contribution is 7.11. The molecule has 0 atom stereocenters. The average Bonchev–Trinajstić information content (AvgIpc) is 2.73. The first-order valence-electron chi connectivity index (χ1n) is 5.14. The van der Waals surface area contributed by atoms with Gasteiger partial charge in [-0.3, -0.25) is 4.79 Å². The van der Waals surface area contributed by atoms with Crippen LogP contribution in [0.3, 0.4) is 0 Å². The van der Waals surface area contributed by atoms with Gasteiger partial charge in [0.05, 0.1) is 6.54 Å². The quantitative estimate of drug-likeness (QED) is 0.874. The van der Waals surface area contributed by atoms with Crippen LogP contribution in [-0.4, -0.2) is 16.0 Å². The molecule has 0 spiro atoms. The topological polar surface area (TPSA) is 62.2 Å². The molecule has 88 valence electrons. The van der Waals surface area contributed by atoms with E-state index >= 15 is 0 Å². The Morgan fingerprint density at radius 3 is 2.94 bits per heavy atom. The van der Waals surface area contributed by atoms with E-state index in [0.29, 0.717) is 6.54 Å². The predicted octanol–water partition coefficient (Wildman–Crippen LogP) is 2.09. The molecule has 0 bridgehead atoms. The molecular formula is C12H12N2O2S. The van der Waals surface area contributed by atoms with Gasteiger partial charge in [-0.1, -0.05) is 0 Å². The van der Waals surface area contributed by atoms with Gasteiger partial charge in [0.25, 0.3) is 5.91 Å². The van der Waals surface area contributed by atoms with E-state index in [1.165, 1.54) is 17.1 Å². The van der Waals surface area contributed by atoms with Gasteiger partial charge in [-0.15, -0.1) is 11.3 Å². The van der Waals surface area contributed by atoms with E-state index in [0.717, 1.165) is 4.88 Å². The molecule has 0 fully saturated rings. The van der Waals surface area contributed by atoms with Crippen LogP contribution in [0.5, 0.6) is 5.75 Å². The Hall–Kier alpha value is -1.88. The van der Waals surface area contributed by atoms with Gasteiger partial charge >= 0.3 is 0 Å². The zero-order valence-corrected chi connectivity index (χ0v) is 10.1. The van der Waals surface area contributed by atoms with Crippen molar-refractivity contribution in [2.45, 2.75) is 13.5 Å². The Balaban J connectivity index is 2.01. The van der Waals surface area contributed by atoms with E-state index in [1.807, 2.05) is 19.1 Å². The number of hydrogen-bond donors (Lipinski definition) is 2. The summed E-state index contributed by atoms with van der Waals surface area (Å²) in [6.07, 6.45) is 1.48. The molecule has 0 saturated heterocycles. The van der Waals surface area contributed by atoms with E-state index in [2.05, 4.69) is 10.3 Å². The normalized spacial score (nSPS) is 10.2. The van der Waals surface area contributed by atoms with Gasteiger partial charge in [-0.2, -0.15) is 0 Å². The summed E-state index contributed by atoms with van der Waals surface area (Å²) >= 11 is 1.63. The number of nitrogens with one attached hydrogen (secondary N) is 1. The molecule has 0 aliphatic rings. The van der Waals surface area contributed by atoms with Crippen molar-refractivity contribution in [2.75, 3.05) is 0 Å². The fourth-order valence-corrected chi connectivity index (χ4v) is 2.23. The highest BCUT2D eigenvalue weighted by Crippen LogP contribution is 2.16. The van der Waals surface area contributed by atoms with Crippen molar-refractivity contribution in [2.24, 2.45) is 0 Å². The minimum absolute atomic E-state index is 0.0563. The minimum atomic E-state index is -0.367. The van der Waals surface area contributed by atoms with Crippen LogP contribution in [0.1, 0.15) is 20.2 Å². The van der Waals surface area contributed by atoms with Gasteiger partial charge in [0.1, 0.15) is 5.75 Å². The molecular weight excluding hydrogens is 236 g/mol. The van der Waals surface area contributed by atoms with Gasteiger partial charge in [0, 0.05) is 16.0 Å². The van der Waals surface area contributed by atoms with Crippen LogP contribution in [0.15, 0.2) is 30.5 Å². The highest BCUT2D eigenvalue weighted by atomic mass is 32.1. The van der Waals surface area contributed by atoms with Gasteiger partial charge in [-0.25, -0.2) is 4.98 Å². The van der Waals surface area contributed by atoms with Crippen LogP contribution < -0.4 is 5.32 Å². The van der Waals surface area contributed by atoms with Crippen molar-refractivity contribution in [3.8, 4) is 5.75 Å². The Kier molecular flexibility index (Phi) is 3.39. The number of aryl methyl sites for hydroxylation is 1. The lowest BCUT2D eigenvalue weighted by molar-refractivity contribution is 0.0943. The van der Waals surface area contributed by atoms with Gasteiger partial charge in [0.2, 0.25) is 0 Å². The Morgan fingerprint density at radius 2 is 2.29 bits per heavy atom. The molecule has 0 aliphatic heterocycles. The number of nitrogens with zero attached hydrogens (tertiary/aromatic N) is 1. The molecule has 17 heavy (non-hydrogen) atoms. The third kappa shape index (κ3) is 2.82. The van der Waals surface area contributed by atoms with E-state index in [4.69, 9.17) is 0 Å². The van der Waals surface area contributed by atoms with Crippen molar-refractivity contribution >= 4 is 17.2 Å². The number of carbonyl (C=O) groups excluding carboxylic acids is 1. The molecule has 1 amide bonds. The Bertz CT molecular complexity index is 537. The van der Waals surface area contributed by atoms with Crippen molar-refractivity contribution < 1.29 is 9.90 Å². The monoisotopic (exact) mass is 248 g/mol. The number of amides is 1. The largest absolute Gasteiger partial charge is 0.505 e. The predicted molar refractivity (Wildman–Crippen MR) is 66.1 cm³/mol. The zero-order chi connectivity index (χ0) is 12.3.